The van der Waals surface area contributed by atoms with Gasteiger partial charge in [0.15, 0.2) is 6.61 Å². The molecule has 2 aromatic rings. The fourth-order valence-corrected chi connectivity index (χ4v) is 2.19. The predicted molar refractivity (Wildman–Crippen MR) is 97.4 cm³/mol. The first-order valence-corrected chi connectivity index (χ1v) is 8.38. The molecular weight excluding hydrogens is 356 g/mol. The van der Waals surface area contributed by atoms with Crippen molar-refractivity contribution in [3.05, 3.63) is 70.7 Å². The fourth-order valence-electron chi connectivity index (χ4n) is 2.07. The highest BCUT2D eigenvalue weighted by molar-refractivity contribution is 6.30. The van der Waals surface area contributed by atoms with Crippen molar-refractivity contribution in [2.75, 3.05) is 13.2 Å². The van der Waals surface area contributed by atoms with Crippen molar-refractivity contribution in [1.82, 2.24) is 10.6 Å². The minimum atomic E-state index is -0.673. The zero-order valence-electron chi connectivity index (χ0n) is 14.0. The van der Waals surface area contributed by atoms with E-state index in [1.54, 1.807) is 24.3 Å². The molecule has 0 unspecified atom stereocenters. The van der Waals surface area contributed by atoms with E-state index >= 15 is 0 Å². The monoisotopic (exact) mass is 374 g/mol. The Balaban J connectivity index is 1.61. The summed E-state index contributed by atoms with van der Waals surface area (Å²) in [5.74, 6) is -1.39. The van der Waals surface area contributed by atoms with E-state index in [9.17, 15) is 14.4 Å². The van der Waals surface area contributed by atoms with Crippen LogP contribution >= 0.6 is 11.6 Å². The summed E-state index contributed by atoms with van der Waals surface area (Å²) in [7, 11) is 0. The molecule has 0 radical (unpaired) electrons. The zero-order valence-corrected chi connectivity index (χ0v) is 14.8. The van der Waals surface area contributed by atoms with Crippen LogP contribution in [-0.2, 0) is 32.1 Å². The van der Waals surface area contributed by atoms with Gasteiger partial charge in [0, 0.05) is 11.6 Å². The van der Waals surface area contributed by atoms with Gasteiger partial charge in [-0.15, -0.1) is 0 Å². The Morgan fingerprint density at radius 3 is 2.23 bits per heavy atom. The topological polar surface area (TPSA) is 84.5 Å². The van der Waals surface area contributed by atoms with Crippen LogP contribution < -0.4 is 10.6 Å². The molecule has 0 atom stereocenters. The molecule has 7 heteroatoms. The van der Waals surface area contributed by atoms with Crippen molar-refractivity contribution in [3.8, 4) is 0 Å². The highest BCUT2D eigenvalue weighted by atomic mass is 35.5. The molecule has 0 spiro atoms. The summed E-state index contributed by atoms with van der Waals surface area (Å²) in [6, 6.07) is 16.2. The molecule has 2 N–H and O–H groups in total. The lowest BCUT2D eigenvalue weighted by molar-refractivity contribution is -0.148. The number of hydrogen-bond acceptors (Lipinski definition) is 4. The maximum absolute atomic E-state index is 11.7. The number of hydrogen-bond donors (Lipinski definition) is 2. The summed E-state index contributed by atoms with van der Waals surface area (Å²) in [4.78, 5) is 35.0. The Morgan fingerprint density at radius 2 is 1.54 bits per heavy atom. The smallest absolute Gasteiger partial charge is 0.325 e. The Hall–Kier alpha value is -2.86. The largest absolute Gasteiger partial charge is 0.454 e. The summed E-state index contributed by atoms with van der Waals surface area (Å²) in [5.41, 5.74) is 1.72. The van der Waals surface area contributed by atoms with Crippen molar-refractivity contribution in [1.29, 1.82) is 0 Å². The van der Waals surface area contributed by atoms with E-state index in [0.717, 1.165) is 11.1 Å². The van der Waals surface area contributed by atoms with Crippen LogP contribution in [0.15, 0.2) is 54.6 Å². The number of amides is 2. The second-order valence-electron chi connectivity index (χ2n) is 5.50. The number of ether oxygens (including phenoxy) is 1. The van der Waals surface area contributed by atoms with Gasteiger partial charge >= 0.3 is 5.97 Å². The molecular formula is C19H19ClN2O4. The van der Waals surface area contributed by atoms with E-state index < -0.39 is 18.5 Å². The molecule has 2 rings (SSSR count). The van der Waals surface area contributed by atoms with Crippen LogP contribution in [0.2, 0.25) is 5.02 Å². The molecule has 0 aliphatic heterocycles. The van der Waals surface area contributed by atoms with Crippen LogP contribution in [0.4, 0.5) is 0 Å². The number of nitrogens with one attached hydrogen (secondary N) is 2. The van der Waals surface area contributed by atoms with Crippen LogP contribution in [0, 0.1) is 0 Å². The van der Waals surface area contributed by atoms with Crippen molar-refractivity contribution < 1.29 is 19.1 Å². The molecule has 136 valence electrons. The van der Waals surface area contributed by atoms with Gasteiger partial charge in [0.2, 0.25) is 5.91 Å². The molecule has 0 aliphatic rings. The second kappa shape index (κ2) is 10.2. The molecule has 0 saturated carbocycles. The first-order chi connectivity index (χ1) is 12.5. The molecule has 6 nitrogen and oxygen atoms in total. The summed E-state index contributed by atoms with van der Waals surface area (Å²) in [6.45, 7) is -0.377. The van der Waals surface area contributed by atoms with Gasteiger partial charge in [0.25, 0.3) is 5.91 Å². The molecule has 2 aromatic carbocycles. The highest BCUT2D eigenvalue weighted by Crippen LogP contribution is 2.09. The molecule has 2 amide bonds. The van der Waals surface area contributed by atoms with Gasteiger partial charge < -0.3 is 15.4 Å². The van der Waals surface area contributed by atoms with Gasteiger partial charge in [0.1, 0.15) is 6.54 Å². The van der Waals surface area contributed by atoms with E-state index in [0.29, 0.717) is 11.6 Å². The first kappa shape index (κ1) is 19.5. The van der Waals surface area contributed by atoms with Gasteiger partial charge in [-0.05, 0) is 23.3 Å². The van der Waals surface area contributed by atoms with Crippen molar-refractivity contribution in [2.45, 2.75) is 13.0 Å². The number of halogens is 1. The number of esters is 1. The highest BCUT2D eigenvalue weighted by Gasteiger charge is 2.10. The Morgan fingerprint density at radius 1 is 0.846 bits per heavy atom. The number of carbonyl (C=O) groups is 3. The Bertz CT molecular complexity index is 748. The third-order valence-corrected chi connectivity index (χ3v) is 3.66. The zero-order chi connectivity index (χ0) is 18.8. The maximum Gasteiger partial charge on any atom is 0.325 e. The number of carbonyl (C=O) groups excluding carboxylic acids is 3. The molecule has 0 bridgehead atoms. The Kier molecular flexibility index (Phi) is 7.64. The van der Waals surface area contributed by atoms with Gasteiger partial charge in [0.05, 0.1) is 6.42 Å². The molecule has 0 aliphatic carbocycles. The van der Waals surface area contributed by atoms with E-state index in [1.807, 2.05) is 30.3 Å². The number of rotatable bonds is 8. The minimum absolute atomic E-state index is 0.176. The predicted octanol–water partition coefficient (Wildman–Crippen LogP) is 1.86. The lowest BCUT2D eigenvalue weighted by Gasteiger charge is -2.08. The van der Waals surface area contributed by atoms with Gasteiger partial charge in [-0.2, -0.15) is 0 Å². The van der Waals surface area contributed by atoms with Crippen LogP contribution in [0.1, 0.15) is 11.1 Å². The quantitative estimate of drug-likeness (QED) is 0.691. The Labute approximate surface area is 156 Å². The van der Waals surface area contributed by atoms with E-state index in [4.69, 9.17) is 16.3 Å². The van der Waals surface area contributed by atoms with Crippen molar-refractivity contribution in [3.63, 3.8) is 0 Å². The molecule has 0 aromatic heterocycles. The fraction of sp³-hybridized carbons (Fsp3) is 0.211. The molecule has 0 saturated heterocycles. The second-order valence-corrected chi connectivity index (χ2v) is 5.94. The summed E-state index contributed by atoms with van der Waals surface area (Å²) in [5, 5.41) is 5.70. The third kappa shape index (κ3) is 7.36. The van der Waals surface area contributed by atoms with Crippen molar-refractivity contribution in [2.24, 2.45) is 0 Å². The summed E-state index contributed by atoms with van der Waals surface area (Å²) in [6.07, 6.45) is 0.176. The van der Waals surface area contributed by atoms with E-state index in [2.05, 4.69) is 10.6 Å². The van der Waals surface area contributed by atoms with Crippen LogP contribution in [-0.4, -0.2) is 30.9 Å². The third-order valence-electron chi connectivity index (χ3n) is 3.40. The summed E-state index contributed by atoms with van der Waals surface area (Å²) >= 11 is 5.78. The van der Waals surface area contributed by atoms with E-state index in [1.165, 1.54) is 0 Å². The first-order valence-electron chi connectivity index (χ1n) is 8.00. The van der Waals surface area contributed by atoms with Gasteiger partial charge in [-0.1, -0.05) is 54.1 Å². The maximum atomic E-state index is 11.7. The molecule has 0 heterocycles. The summed E-state index contributed by atoms with van der Waals surface area (Å²) < 4.78 is 4.83. The lowest BCUT2D eigenvalue weighted by Crippen LogP contribution is -2.34. The standard InChI is InChI=1S/C19H19ClN2O4/c20-16-8-6-15(7-9-16)11-21-18(24)13-26-19(25)12-22-17(23)10-14-4-2-1-3-5-14/h1-9H,10-13H2,(H,21,24)(H,22,23). The van der Waals surface area contributed by atoms with E-state index in [-0.39, 0.29) is 18.9 Å². The van der Waals surface area contributed by atoms with Gasteiger partial charge in [-0.3, -0.25) is 14.4 Å². The minimum Gasteiger partial charge on any atom is -0.454 e. The van der Waals surface area contributed by atoms with Gasteiger partial charge in [-0.25, -0.2) is 0 Å². The average molecular weight is 375 g/mol. The molecule has 26 heavy (non-hydrogen) atoms. The van der Waals surface area contributed by atoms with Crippen LogP contribution in [0.3, 0.4) is 0 Å². The SMILES string of the molecule is O=C(COC(=O)CNC(=O)Cc1ccccc1)NCc1ccc(Cl)cc1. The average Bonchev–Trinajstić information content (AvgIpc) is 2.65. The van der Waals surface area contributed by atoms with Crippen LogP contribution in [0.5, 0.6) is 0 Å². The van der Waals surface area contributed by atoms with Crippen molar-refractivity contribution >= 4 is 29.4 Å². The molecule has 0 fully saturated rings. The normalized spacial score (nSPS) is 10.0. The number of benzene rings is 2. The lowest BCUT2D eigenvalue weighted by atomic mass is 10.1. The van der Waals surface area contributed by atoms with Crippen LogP contribution in [0.25, 0.3) is 0 Å².